The molecular weight excluding hydrogens is 458 g/mol. The normalized spacial score (nSPS) is 11.7. The molecule has 0 unspecified atom stereocenters. The van der Waals surface area contributed by atoms with Crippen molar-refractivity contribution in [3.05, 3.63) is 102 Å². The van der Waals surface area contributed by atoms with E-state index in [1.807, 2.05) is 97.5 Å². The topological polar surface area (TPSA) is 62.6 Å². The van der Waals surface area contributed by atoms with Gasteiger partial charge in [-0.05, 0) is 35.6 Å². The fraction of sp³-hybridized carbons (Fsp3) is 0.250. The highest BCUT2D eigenvalue weighted by Gasteiger charge is 2.29. The number of rotatable bonds is 10. The Hall–Kier alpha value is -3.42. The fourth-order valence-electron chi connectivity index (χ4n) is 4.24. The Bertz CT molecular complexity index is 1390. The van der Waals surface area contributed by atoms with Crippen LogP contribution in [0.3, 0.4) is 0 Å². The molecule has 1 heterocycles. The van der Waals surface area contributed by atoms with Crippen LogP contribution in [0.4, 0.5) is 0 Å². The maximum Gasteiger partial charge on any atom is 0.244 e. The molecule has 182 valence electrons. The second kappa shape index (κ2) is 10.9. The zero-order valence-corrected chi connectivity index (χ0v) is 21.0. The van der Waals surface area contributed by atoms with Gasteiger partial charge in [0.15, 0.2) is 0 Å². The summed E-state index contributed by atoms with van der Waals surface area (Å²) in [5.74, 6) is -0.229. The molecule has 7 heteroatoms. The predicted molar refractivity (Wildman–Crippen MR) is 139 cm³/mol. The van der Waals surface area contributed by atoms with E-state index in [-0.39, 0.29) is 23.9 Å². The van der Waals surface area contributed by atoms with Gasteiger partial charge in [0.25, 0.3) is 0 Å². The molecule has 0 saturated carbocycles. The quantitative estimate of drug-likeness (QED) is 0.321. The van der Waals surface area contributed by atoms with E-state index < -0.39 is 10.0 Å². The van der Waals surface area contributed by atoms with E-state index in [0.29, 0.717) is 24.9 Å². The van der Waals surface area contributed by atoms with E-state index in [4.69, 9.17) is 0 Å². The molecule has 4 aromatic rings. The molecule has 0 aliphatic heterocycles. The van der Waals surface area contributed by atoms with Crippen molar-refractivity contribution in [2.45, 2.75) is 31.3 Å². The number of nitrogens with zero attached hydrogens (tertiary/aromatic N) is 3. The number of carbonyl (C=O) groups excluding carboxylic acids is 1. The summed E-state index contributed by atoms with van der Waals surface area (Å²) < 4.78 is 30.8. The van der Waals surface area contributed by atoms with Gasteiger partial charge in [0.2, 0.25) is 15.9 Å². The molecule has 3 aromatic carbocycles. The number of aromatic nitrogens is 1. The van der Waals surface area contributed by atoms with Gasteiger partial charge in [0.05, 0.1) is 18.0 Å². The van der Waals surface area contributed by atoms with Crippen LogP contribution < -0.4 is 0 Å². The standard InChI is InChI=1S/C28H31N3O3S/c1-3-18-31(35(33,34)27-17-9-14-24-13-7-8-16-26(24)27)22-28(32)30(20-23-11-5-4-6-12-23)21-25-15-10-19-29(25)2/h4-17,19H,3,18,20-22H2,1-2H3. The van der Waals surface area contributed by atoms with Crippen LogP contribution in [0.25, 0.3) is 10.8 Å². The number of benzene rings is 3. The van der Waals surface area contributed by atoms with Crippen molar-refractivity contribution in [1.29, 1.82) is 0 Å². The first-order valence-electron chi connectivity index (χ1n) is 11.8. The molecule has 35 heavy (non-hydrogen) atoms. The van der Waals surface area contributed by atoms with Crippen LogP contribution in [-0.2, 0) is 35.0 Å². The van der Waals surface area contributed by atoms with Gasteiger partial charge in [0.1, 0.15) is 0 Å². The second-order valence-electron chi connectivity index (χ2n) is 8.66. The third-order valence-corrected chi connectivity index (χ3v) is 8.03. The lowest BCUT2D eigenvalue weighted by Gasteiger charge is -2.28. The summed E-state index contributed by atoms with van der Waals surface area (Å²) in [6, 6.07) is 26.4. The first kappa shape index (κ1) is 24.7. The van der Waals surface area contributed by atoms with Crippen LogP contribution in [0, 0.1) is 0 Å². The molecule has 0 fully saturated rings. The number of fused-ring (bicyclic) bond motifs is 1. The van der Waals surface area contributed by atoms with Gasteiger partial charge >= 0.3 is 0 Å². The largest absolute Gasteiger partial charge is 0.353 e. The summed E-state index contributed by atoms with van der Waals surface area (Å²) in [4.78, 5) is 15.6. The van der Waals surface area contributed by atoms with Crippen LogP contribution in [0.15, 0.2) is 96.0 Å². The molecule has 6 nitrogen and oxygen atoms in total. The minimum absolute atomic E-state index is 0.212. The molecule has 0 bridgehead atoms. The van der Waals surface area contributed by atoms with Gasteiger partial charge in [-0.3, -0.25) is 4.79 Å². The highest BCUT2D eigenvalue weighted by molar-refractivity contribution is 7.89. The lowest BCUT2D eigenvalue weighted by Crippen LogP contribution is -2.43. The molecule has 0 spiro atoms. The number of aryl methyl sites for hydroxylation is 1. The van der Waals surface area contributed by atoms with E-state index in [9.17, 15) is 13.2 Å². The third-order valence-electron chi connectivity index (χ3n) is 6.13. The van der Waals surface area contributed by atoms with Crippen molar-refractivity contribution in [2.24, 2.45) is 7.05 Å². The van der Waals surface area contributed by atoms with E-state index in [1.165, 1.54) is 4.31 Å². The van der Waals surface area contributed by atoms with Crippen molar-refractivity contribution in [1.82, 2.24) is 13.8 Å². The van der Waals surface area contributed by atoms with Crippen molar-refractivity contribution >= 4 is 26.7 Å². The van der Waals surface area contributed by atoms with Gasteiger partial charge in [-0.15, -0.1) is 0 Å². The van der Waals surface area contributed by atoms with Crippen molar-refractivity contribution in [3.8, 4) is 0 Å². The number of sulfonamides is 1. The van der Waals surface area contributed by atoms with E-state index >= 15 is 0 Å². The summed E-state index contributed by atoms with van der Waals surface area (Å²) in [5, 5.41) is 1.51. The molecule has 0 N–H and O–H groups in total. The maximum absolute atomic E-state index is 13.8. The molecule has 4 rings (SSSR count). The van der Waals surface area contributed by atoms with E-state index in [1.54, 1.807) is 17.0 Å². The Balaban J connectivity index is 1.64. The zero-order valence-electron chi connectivity index (χ0n) is 20.2. The second-order valence-corrected chi connectivity index (χ2v) is 10.6. The molecule has 0 saturated heterocycles. The zero-order chi connectivity index (χ0) is 24.8. The Morgan fingerprint density at radius 1 is 0.857 bits per heavy atom. The molecule has 0 radical (unpaired) electrons. The minimum atomic E-state index is -3.88. The first-order valence-corrected chi connectivity index (χ1v) is 13.2. The first-order chi connectivity index (χ1) is 16.9. The number of hydrogen-bond donors (Lipinski definition) is 0. The average Bonchev–Trinajstić information content (AvgIpc) is 3.27. The molecule has 0 aliphatic carbocycles. The average molecular weight is 490 g/mol. The van der Waals surface area contributed by atoms with Crippen molar-refractivity contribution in [2.75, 3.05) is 13.1 Å². The van der Waals surface area contributed by atoms with Gasteiger partial charge in [-0.25, -0.2) is 8.42 Å². The van der Waals surface area contributed by atoms with Crippen LogP contribution >= 0.6 is 0 Å². The van der Waals surface area contributed by atoms with Gasteiger partial charge < -0.3 is 9.47 Å². The summed E-state index contributed by atoms with van der Waals surface area (Å²) in [6.07, 6.45) is 2.54. The van der Waals surface area contributed by atoms with E-state index in [2.05, 4.69) is 0 Å². The Morgan fingerprint density at radius 3 is 2.29 bits per heavy atom. The number of carbonyl (C=O) groups is 1. The maximum atomic E-state index is 13.8. The SMILES string of the molecule is CCCN(CC(=O)N(Cc1ccccc1)Cc1cccn1C)S(=O)(=O)c1cccc2ccccc12. The smallest absolute Gasteiger partial charge is 0.244 e. The number of amides is 1. The van der Waals surface area contributed by atoms with Gasteiger partial charge in [-0.2, -0.15) is 4.31 Å². The summed E-state index contributed by atoms with van der Waals surface area (Å²) in [6.45, 7) is 2.77. The van der Waals surface area contributed by atoms with Crippen molar-refractivity contribution < 1.29 is 13.2 Å². The van der Waals surface area contributed by atoms with Crippen LogP contribution in [0.5, 0.6) is 0 Å². The molecule has 1 aromatic heterocycles. The molecule has 0 atom stereocenters. The Kier molecular flexibility index (Phi) is 7.68. The lowest BCUT2D eigenvalue weighted by atomic mass is 10.1. The summed E-state index contributed by atoms with van der Waals surface area (Å²) in [7, 11) is -1.94. The summed E-state index contributed by atoms with van der Waals surface area (Å²) >= 11 is 0. The van der Waals surface area contributed by atoms with Crippen LogP contribution in [0.2, 0.25) is 0 Å². The monoisotopic (exact) mass is 489 g/mol. The van der Waals surface area contributed by atoms with Gasteiger partial charge in [0, 0.05) is 37.4 Å². The van der Waals surface area contributed by atoms with E-state index in [0.717, 1.165) is 16.6 Å². The molecule has 0 aliphatic rings. The lowest BCUT2D eigenvalue weighted by molar-refractivity contribution is -0.132. The Labute approximate surface area is 207 Å². The van der Waals surface area contributed by atoms with Crippen molar-refractivity contribution in [3.63, 3.8) is 0 Å². The minimum Gasteiger partial charge on any atom is -0.353 e. The van der Waals surface area contributed by atoms with Crippen LogP contribution in [-0.4, -0.2) is 41.2 Å². The fourth-order valence-corrected chi connectivity index (χ4v) is 5.93. The predicted octanol–water partition coefficient (Wildman–Crippen LogP) is 4.81. The van der Waals surface area contributed by atoms with Crippen LogP contribution in [0.1, 0.15) is 24.6 Å². The number of hydrogen-bond acceptors (Lipinski definition) is 3. The summed E-state index contributed by atoms with van der Waals surface area (Å²) in [5.41, 5.74) is 1.97. The molecule has 1 amide bonds. The van der Waals surface area contributed by atoms with Gasteiger partial charge in [-0.1, -0.05) is 73.7 Å². The molecular formula is C28H31N3O3S. The Morgan fingerprint density at radius 2 is 1.57 bits per heavy atom. The highest BCUT2D eigenvalue weighted by atomic mass is 32.2. The highest BCUT2D eigenvalue weighted by Crippen LogP contribution is 2.26. The third kappa shape index (κ3) is 5.63.